The second-order valence-corrected chi connectivity index (χ2v) is 5.46. The lowest BCUT2D eigenvalue weighted by molar-refractivity contribution is -0.115. The Kier molecular flexibility index (Phi) is 4.80. The van der Waals surface area contributed by atoms with Crippen LogP contribution in [0.5, 0.6) is 0 Å². The SMILES string of the molecule is O=C(Cc1noc(CC2CCOCC2)n1)Nc1ccccc1. The molecule has 2 heterocycles. The number of rotatable bonds is 5. The molecule has 0 saturated carbocycles. The number of carbonyl (C=O) groups is 1. The highest BCUT2D eigenvalue weighted by Crippen LogP contribution is 2.19. The quantitative estimate of drug-likeness (QED) is 0.916. The van der Waals surface area contributed by atoms with E-state index in [1.807, 2.05) is 30.3 Å². The minimum Gasteiger partial charge on any atom is -0.381 e. The largest absolute Gasteiger partial charge is 0.381 e. The molecule has 0 atom stereocenters. The van der Waals surface area contributed by atoms with E-state index in [-0.39, 0.29) is 12.3 Å². The van der Waals surface area contributed by atoms with Gasteiger partial charge in [0.1, 0.15) is 0 Å². The number of amides is 1. The number of nitrogens with one attached hydrogen (secondary N) is 1. The van der Waals surface area contributed by atoms with Crippen molar-refractivity contribution in [1.82, 2.24) is 10.1 Å². The van der Waals surface area contributed by atoms with Crippen molar-refractivity contribution in [2.45, 2.75) is 25.7 Å². The van der Waals surface area contributed by atoms with Gasteiger partial charge in [0.25, 0.3) is 0 Å². The van der Waals surface area contributed by atoms with Crippen LogP contribution in [-0.4, -0.2) is 29.3 Å². The van der Waals surface area contributed by atoms with E-state index in [2.05, 4.69) is 15.5 Å². The first-order chi connectivity index (χ1) is 10.8. The van der Waals surface area contributed by atoms with Crippen molar-refractivity contribution in [3.63, 3.8) is 0 Å². The van der Waals surface area contributed by atoms with Crippen LogP contribution in [0.1, 0.15) is 24.6 Å². The summed E-state index contributed by atoms with van der Waals surface area (Å²) in [5, 5.41) is 6.69. The van der Waals surface area contributed by atoms with E-state index in [4.69, 9.17) is 9.26 Å². The molecule has 1 fully saturated rings. The molecule has 1 aromatic heterocycles. The molecule has 2 aromatic rings. The highest BCUT2D eigenvalue weighted by Gasteiger charge is 2.18. The Labute approximate surface area is 128 Å². The molecule has 3 rings (SSSR count). The zero-order valence-corrected chi connectivity index (χ0v) is 12.3. The molecule has 1 N–H and O–H groups in total. The van der Waals surface area contributed by atoms with Gasteiger partial charge in [-0.3, -0.25) is 4.79 Å². The number of anilines is 1. The average Bonchev–Trinajstić information content (AvgIpc) is 2.96. The van der Waals surface area contributed by atoms with E-state index in [9.17, 15) is 4.79 Å². The summed E-state index contributed by atoms with van der Waals surface area (Å²) in [6.07, 6.45) is 2.92. The minimum absolute atomic E-state index is 0.117. The number of ether oxygens (including phenoxy) is 1. The second-order valence-electron chi connectivity index (χ2n) is 5.46. The molecule has 116 valence electrons. The molecule has 0 radical (unpaired) electrons. The summed E-state index contributed by atoms with van der Waals surface area (Å²) in [6, 6.07) is 9.32. The normalized spacial score (nSPS) is 15.6. The maximum atomic E-state index is 11.9. The maximum absolute atomic E-state index is 11.9. The zero-order valence-electron chi connectivity index (χ0n) is 12.3. The van der Waals surface area contributed by atoms with Crippen LogP contribution in [0.25, 0.3) is 0 Å². The highest BCUT2D eigenvalue weighted by atomic mass is 16.5. The summed E-state index contributed by atoms with van der Waals surface area (Å²) < 4.78 is 10.6. The van der Waals surface area contributed by atoms with Crippen LogP contribution >= 0.6 is 0 Å². The van der Waals surface area contributed by atoms with Gasteiger partial charge < -0.3 is 14.6 Å². The molecule has 0 bridgehead atoms. The third-order valence-electron chi connectivity index (χ3n) is 3.69. The van der Waals surface area contributed by atoms with Crippen molar-refractivity contribution in [2.24, 2.45) is 5.92 Å². The predicted molar refractivity (Wildman–Crippen MR) is 80.3 cm³/mol. The van der Waals surface area contributed by atoms with E-state index in [1.54, 1.807) is 0 Å². The van der Waals surface area contributed by atoms with Crippen molar-refractivity contribution in [3.05, 3.63) is 42.0 Å². The summed E-state index contributed by atoms with van der Waals surface area (Å²) in [6.45, 7) is 1.59. The van der Waals surface area contributed by atoms with E-state index in [1.165, 1.54) is 0 Å². The molecule has 1 aromatic carbocycles. The smallest absolute Gasteiger partial charge is 0.232 e. The number of carbonyl (C=O) groups excluding carboxylic acids is 1. The molecule has 1 saturated heterocycles. The first-order valence-corrected chi connectivity index (χ1v) is 7.54. The Balaban J connectivity index is 1.51. The second kappa shape index (κ2) is 7.17. The first kappa shape index (κ1) is 14.7. The highest BCUT2D eigenvalue weighted by molar-refractivity contribution is 5.91. The Morgan fingerprint density at radius 1 is 1.23 bits per heavy atom. The van der Waals surface area contributed by atoms with Gasteiger partial charge in [0, 0.05) is 25.3 Å². The Morgan fingerprint density at radius 3 is 2.77 bits per heavy atom. The van der Waals surface area contributed by atoms with Crippen molar-refractivity contribution in [3.8, 4) is 0 Å². The van der Waals surface area contributed by atoms with E-state index < -0.39 is 0 Å². The number of aromatic nitrogens is 2. The van der Waals surface area contributed by atoms with E-state index in [0.717, 1.165) is 38.2 Å². The summed E-state index contributed by atoms with van der Waals surface area (Å²) in [5.41, 5.74) is 0.762. The number of para-hydroxylation sites is 1. The van der Waals surface area contributed by atoms with Gasteiger partial charge in [0.15, 0.2) is 5.82 Å². The standard InChI is InChI=1S/C16H19N3O3/c20-15(17-13-4-2-1-3-5-13)11-14-18-16(22-19-14)10-12-6-8-21-9-7-12/h1-5,12H,6-11H2,(H,17,20). The fraction of sp³-hybridized carbons (Fsp3) is 0.438. The third kappa shape index (κ3) is 4.14. The van der Waals surface area contributed by atoms with Crippen LogP contribution < -0.4 is 5.32 Å². The summed E-state index contributed by atoms with van der Waals surface area (Å²) in [7, 11) is 0. The molecular formula is C16H19N3O3. The van der Waals surface area contributed by atoms with Gasteiger partial charge >= 0.3 is 0 Å². The molecule has 6 heteroatoms. The lowest BCUT2D eigenvalue weighted by Crippen LogP contribution is -2.18. The van der Waals surface area contributed by atoms with Crippen LogP contribution in [0, 0.1) is 5.92 Å². The van der Waals surface area contributed by atoms with E-state index >= 15 is 0 Å². The van der Waals surface area contributed by atoms with Crippen LogP contribution in [0.15, 0.2) is 34.9 Å². The fourth-order valence-electron chi connectivity index (χ4n) is 2.51. The van der Waals surface area contributed by atoms with Crippen LogP contribution in [0.3, 0.4) is 0 Å². The van der Waals surface area contributed by atoms with Crippen LogP contribution in [0.2, 0.25) is 0 Å². The Hall–Kier alpha value is -2.21. The summed E-state index contributed by atoms with van der Waals surface area (Å²) in [4.78, 5) is 16.2. The van der Waals surface area contributed by atoms with Crippen molar-refractivity contribution in [2.75, 3.05) is 18.5 Å². The van der Waals surface area contributed by atoms with Gasteiger partial charge in [-0.15, -0.1) is 0 Å². The number of hydrogen-bond donors (Lipinski definition) is 1. The Bertz CT molecular complexity index is 606. The molecule has 1 aliphatic rings. The molecule has 1 aliphatic heterocycles. The summed E-state index contributed by atoms with van der Waals surface area (Å²) >= 11 is 0. The van der Waals surface area contributed by atoms with Gasteiger partial charge in [-0.25, -0.2) is 0 Å². The molecule has 1 amide bonds. The molecular weight excluding hydrogens is 282 g/mol. The maximum Gasteiger partial charge on any atom is 0.232 e. The van der Waals surface area contributed by atoms with Crippen molar-refractivity contribution < 1.29 is 14.1 Å². The average molecular weight is 301 g/mol. The third-order valence-corrected chi connectivity index (χ3v) is 3.69. The van der Waals surface area contributed by atoms with E-state index in [0.29, 0.717) is 17.6 Å². The molecule has 22 heavy (non-hydrogen) atoms. The van der Waals surface area contributed by atoms with Crippen molar-refractivity contribution in [1.29, 1.82) is 0 Å². The molecule has 0 aliphatic carbocycles. The van der Waals surface area contributed by atoms with Gasteiger partial charge in [-0.1, -0.05) is 23.4 Å². The lowest BCUT2D eigenvalue weighted by atomic mass is 9.97. The molecule has 0 spiro atoms. The topological polar surface area (TPSA) is 77.2 Å². The van der Waals surface area contributed by atoms with Gasteiger partial charge in [0.05, 0.1) is 6.42 Å². The molecule has 0 unspecified atom stereocenters. The number of hydrogen-bond acceptors (Lipinski definition) is 5. The fourth-order valence-corrected chi connectivity index (χ4v) is 2.51. The monoisotopic (exact) mass is 301 g/mol. The zero-order chi connectivity index (χ0) is 15.2. The summed E-state index contributed by atoms with van der Waals surface area (Å²) in [5.74, 6) is 1.41. The van der Waals surface area contributed by atoms with Gasteiger partial charge in [-0.05, 0) is 30.9 Å². The van der Waals surface area contributed by atoms with Gasteiger partial charge in [0.2, 0.25) is 11.8 Å². The number of benzene rings is 1. The molecule has 6 nitrogen and oxygen atoms in total. The van der Waals surface area contributed by atoms with Gasteiger partial charge in [-0.2, -0.15) is 4.98 Å². The van der Waals surface area contributed by atoms with Crippen LogP contribution in [0.4, 0.5) is 5.69 Å². The number of nitrogens with zero attached hydrogens (tertiary/aromatic N) is 2. The Morgan fingerprint density at radius 2 is 2.00 bits per heavy atom. The predicted octanol–water partition coefficient (Wildman–Crippen LogP) is 2.22. The van der Waals surface area contributed by atoms with Crippen molar-refractivity contribution >= 4 is 11.6 Å². The first-order valence-electron chi connectivity index (χ1n) is 7.54. The van der Waals surface area contributed by atoms with Crippen LogP contribution in [-0.2, 0) is 22.4 Å². The lowest BCUT2D eigenvalue weighted by Gasteiger charge is -2.19. The minimum atomic E-state index is -0.149.